The van der Waals surface area contributed by atoms with Gasteiger partial charge in [0.1, 0.15) is 0 Å². The van der Waals surface area contributed by atoms with Crippen LogP contribution in [0.2, 0.25) is 0 Å². The predicted octanol–water partition coefficient (Wildman–Crippen LogP) is 3.25. The maximum Gasteiger partial charge on any atom is 2.00 e. The summed E-state index contributed by atoms with van der Waals surface area (Å²) >= 11 is 0. The molecule has 0 saturated carbocycles. The molecule has 0 aromatic heterocycles. The van der Waals surface area contributed by atoms with Crippen molar-refractivity contribution in [3.05, 3.63) is 59.7 Å². The van der Waals surface area contributed by atoms with Gasteiger partial charge in [0.15, 0.2) is 0 Å². The van der Waals surface area contributed by atoms with Gasteiger partial charge in [-0.3, -0.25) is 0 Å². The zero-order valence-corrected chi connectivity index (χ0v) is 10.6. The van der Waals surface area contributed by atoms with Crippen molar-refractivity contribution < 1.29 is 22.2 Å². The second-order valence-corrected chi connectivity index (χ2v) is 3.45. The molecule has 2 rings (SSSR count). The third-order valence-electron chi connectivity index (χ3n) is 2.25. The van der Waals surface area contributed by atoms with Crippen LogP contribution in [0.1, 0.15) is 24.5 Å². The van der Waals surface area contributed by atoms with Gasteiger partial charge < -0.3 is 5.11 Å². The standard InChI is InChI=1S/C9H13O.C5H5.Fe/c1-2-4-8-5-3-6-9(8)7-10;1-2-4-5-3-1;/h3,5-6,10H,2,4,7H2,1H3;1-5H;/q2*-1;+2. The molecular weight excluding hydrogens is 240 g/mol. The molecule has 2 aromatic carbocycles. The SMILES string of the molecule is CCCc1ccc[c-]1CO.[Fe+2].c1cc[cH-]c1. The van der Waals surface area contributed by atoms with Crippen molar-refractivity contribution in [1.82, 2.24) is 0 Å². The van der Waals surface area contributed by atoms with E-state index >= 15 is 0 Å². The monoisotopic (exact) mass is 258 g/mol. The van der Waals surface area contributed by atoms with Crippen LogP contribution in [0, 0.1) is 0 Å². The van der Waals surface area contributed by atoms with Gasteiger partial charge >= 0.3 is 17.1 Å². The molecule has 16 heavy (non-hydrogen) atoms. The Hall–Kier alpha value is -0.821. The Morgan fingerprint density at radius 3 is 2.38 bits per heavy atom. The largest absolute Gasteiger partial charge is 2.00 e. The van der Waals surface area contributed by atoms with Crippen molar-refractivity contribution >= 4 is 0 Å². The van der Waals surface area contributed by atoms with E-state index in [0.717, 1.165) is 18.4 Å². The molecule has 0 aliphatic carbocycles. The van der Waals surface area contributed by atoms with Crippen molar-refractivity contribution in [3.63, 3.8) is 0 Å². The Kier molecular flexibility index (Phi) is 8.93. The van der Waals surface area contributed by atoms with Crippen LogP contribution in [-0.2, 0) is 30.1 Å². The first kappa shape index (κ1) is 15.2. The van der Waals surface area contributed by atoms with Crippen molar-refractivity contribution in [2.75, 3.05) is 0 Å². The Morgan fingerprint density at radius 1 is 1.25 bits per heavy atom. The minimum Gasteiger partial charge on any atom is -0.404 e. The number of rotatable bonds is 3. The summed E-state index contributed by atoms with van der Waals surface area (Å²) < 4.78 is 0. The van der Waals surface area contributed by atoms with Crippen LogP contribution in [0.5, 0.6) is 0 Å². The van der Waals surface area contributed by atoms with E-state index in [9.17, 15) is 0 Å². The third kappa shape index (κ3) is 5.31. The zero-order chi connectivity index (χ0) is 10.9. The maximum atomic E-state index is 8.83. The number of hydrogen-bond donors (Lipinski definition) is 1. The minimum absolute atomic E-state index is 0. The van der Waals surface area contributed by atoms with Gasteiger partial charge in [0.25, 0.3) is 0 Å². The Balaban J connectivity index is 0.000000318. The van der Waals surface area contributed by atoms with E-state index in [1.807, 2.05) is 42.5 Å². The number of aryl methyl sites for hydroxylation is 1. The van der Waals surface area contributed by atoms with Crippen molar-refractivity contribution in [2.24, 2.45) is 0 Å². The van der Waals surface area contributed by atoms with Crippen molar-refractivity contribution in [3.8, 4) is 0 Å². The Labute approximate surface area is 108 Å². The van der Waals surface area contributed by atoms with Gasteiger partial charge in [-0.05, 0) is 0 Å². The van der Waals surface area contributed by atoms with Crippen molar-refractivity contribution in [1.29, 1.82) is 0 Å². The fraction of sp³-hybridized carbons (Fsp3) is 0.286. The predicted molar refractivity (Wildman–Crippen MR) is 64.0 cm³/mol. The molecule has 2 aromatic rings. The summed E-state index contributed by atoms with van der Waals surface area (Å²) in [5.74, 6) is 0. The zero-order valence-electron chi connectivity index (χ0n) is 9.54. The summed E-state index contributed by atoms with van der Waals surface area (Å²) in [5.41, 5.74) is 2.38. The summed E-state index contributed by atoms with van der Waals surface area (Å²) in [4.78, 5) is 0. The van der Waals surface area contributed by atoms with Gasteiger partial charge in [0.2, 0.25) is 0 Å². The Bertz CT molecular complexity index is 318. The second kappa shape index (κ2) is 9.41. The molecule has 1 N–H and O–H groups in total. The second-order valence-electron chi connectivity index (χ2n) is 3.45. The normalized spacial score (nSPS) is 8.88. The first-order chi connectivity index (χ1) is 7.38. The molecule has 0 aliphatic heterocycles. The Morgan fingerprint density at radius 2 is 1.94 bits per heavy atom. The van der Waals surface area contributed by atoms with E-state index in [1.165, 1.54) is 5.56 Å². The number of aliphatic hydroxyl groups is 1. The van der Waals surface area contributed by atoms with Crippen LogP contribution in [0.25, 0.3) is 0 Å². The fourth-order valence-electron chi connectivity index (χ4n) is 1.48. The average molecular weight is 258 g/mol. The van der Waals surface area contributed by atoms with E-state index in [1.54, 1.807) is 0 Å². The maximum absolute atomic E-state index is 8.83. The van der Waals surface area contributed by atoms with Crippen LogP contribution >= 0.6 is 0 Å². The average Bonchev–Trinajstić information content (AvgIpc) is 2.92. The van der Waals surface area contributed by atoms with E-state index < -0.39 is 0 Å². The molecule has 0 saturated heterocycles. The third-order valence-corrected chi connectivity index (χ3v) is 2.25. The molecule has 0 atom stereocenters. The van der Waals surface area contributed by atoms with Gasteiger partial charge in [0, 0.05) is 6.61 Å². The van der Waals surface area contributed by atoms with E-state index in [-0.39, 0.29) is 23.7 Å². The quantitative estimate of drug-likeness (QED) is 0.661. The molecule has 2 heteroatoms. The minimum atomic E-state index is 0. The number of hydrogen-bond acceptors (Lipinski definition) is 1. The van der Waals surface area contributed by atoms with Crippen LogP contribution in [-0.4, -0.2) is 5.11 Å². The molecule has 1 nitrogen and oxygen atoms in total. The molecular formula is C14H18FeO. The molecule has 0 spiro atoms. The molecule has 88 valence electrons. The van der Waals surface area contributed by atoms with E-state index in [4.69, 9.17) is 5.11 Å². The smallest absolute Gasteiger partial charge is 0.404 e. The van der Waals surface area contributed by atoms with Crippen LogP contribution in [0.15, 0.2) is 48.5 Å². The molecule has 0 bridgehead atoms. The van der Waals surface area contributed by atoms with Gasteiger partial charge in [-0.2, -0.15) is 29.8 Å². The van der Waals surface area contributed by atoms with Gasteiger partial charge in [-0.1, -0.05) is 19.8 Å². The van der Waals surface area contributed by atoms with Crippen LogP contribution in [0.4, 0.5) is 0 Å². The van der Waals surface area contributed by atoms with Gasteiger partial charge in [-0.15, -0.1) is 5.56 Å². The van der Waals surface area contributed by atoms with E-state index in [2.05, 4.69) is 13.0 Å². The summed E-state index contributed by atoms with van der Waals surface area (Å²) in [6.45, 7) is 2.33. The summed E-state index contributed by atoms with van der Waals surface area (Å²) in [5, 5.41) is 8.83. The molecule has 0 unspecified atom stereocenters. The van der Waals surface area contributed by atoms with Crippen molar-refractivity contribution in [2.45, 2.75) is 26.4 Å². The first-order valence-corrected chi connectivity index (χ1v) is 5.39. The first-order valence-electron chi connectivity index (χ1n) is 5.39. The molecule has 0 fully saturated rings. The summed E-state index contributed by atoms with van der Waals surface area (Å²) in [7, 11) is 0. The molecule has 0 aliphatic rings. The number of aliphatic hydroxyl groups excluding tert-OH is 1. The molecule has 0 heterocycles. The van der Waals surface area contributed by atoms with Gasteiger partial charge in [0.05, 0.1) is 0 Å². The molecule has 0 radical (unpaired) electrons. The van der Waals surface area contributed by atoms with E-state index in [0.29, 0.717) is 0 Å². The van der Waals surface area contributed by atoms with Crippen LogP contribution in [0.3, 0.4) is 0 Å². The fourth-order valence-corrected chi connectivity index (χ4v) is 1.48. The molecule has 0 amide bonds. The topological polar surface area (TPSA) is 20.2 Å². The summed E-state index contributed by atoms with van der Waals surface area (Å²) in [6.07, 6.45) is 2.24. The van der Waals surface area contributed by atoms with Gasteiger partial charge in [-0.25, -0.2) is 24.3 Å². The summed E-state index contributed by atoms with van der Waals surface area (Å²) in [6, 6.07) is 16.1. The van der Waals surface area contributed by atoms with Crippen LogP contribution < -0.4 is 0 Å².